The molecule has 124 valence electrons. The van der Waals surface area contributed by atoms with Gasteiger partial charge in [0.25, 0.3) is 0 Å². The SMILES string of the molecule is N=c1c2[nH]cnc2ncn1OC1C[C@H](OCP(=O)(O)O)CO1.[H-].[H-].[Na+].[Na+]. The van der Waals surface area contributed by atoms with E-state index in [4.69, 9.17) is 29.5 Å². The van der Waals surface area contributed by atoms with Crippen LogP contribution < -0.4 is 69.4 Å². The summed E-state index contributed by atoms with van der Waals surface area (Å²) in [5, 5.41) is 7.97. The molecule has 1 unspecified atom stereocenters. The molecular formula is C10H16N5Na2O6P. The van der Waals surface area contributed by atoms with Crippen molar-refractivity contribution in [2.45, 2.75) is 18.8 Å². The number of hydrogen-bond acceptors (Lipinski definition) is 7. The molecule has 2 aromatic rings. The maximum atomic E-state index is 10.8. The van der Waals surface area contributed by atoms with E-state index in [-0.39, 0.29) is 80.5 Å². The van der Waals surface area contributed by atoms with E-state index in [9.17, 15) is 4.57 Å². The largest absolute Gasteiger partial charge is 1.00 e. The van der Waals surface area contributed by atoms with Crippen molar-refractivity contribution in [1.29, 1.82) is 5.41 Å². The van der Waals surface area contributed by atoms with Gasteiger partial charge in [-0.25, -0.2) is 9.97 Å². The molecule has 4 N–H and O–H groups in total. The van der Waals surface area contributed by atoms with Gasteiger partial charge in [-0.1, -0.05) is 0 Å². The molecule has 3 rings (SSSR count). The molecule has 0 radical (unpaired) electrons. The molecule has 0 spiro atoms. The second-order valence-corrected chi connectivity index (χ2v) is 6.29. The van der Waals surface area contributed by atoms with Crippen LogP contribution in [0.1, 0.15) is 9.27 Å². The van der Waals surface area contributed by atoms with Gasteiger partial charge >= 0.3 is 66.7 Å². The number of rotatable bonds is 5. The number of nitrogens with one attached hydrogen (secondary N) is 2. The molecule has 11 nitrogen and oxygen atoms in total. The number of ether oxygens (including phenoxy) is 2. The van der Waals surface area contributed by atoms with Crippen LogP contribution in [0.3, 0.4) is 0 Å². The molecule has 1 aliphatic rings. The van der Waals surface area contributed by atoms with Crippen molar-refractivity contribution < 1.29 is 90.6 Å². The first-order chi connectivity index (χ1) is 10.4. The summed E-state index contributed by atoms with van der Waals surface area (Å²) in [7, 11) is -4.21. The molecule has 0 saturated carbocycles. The van der Waals surface area contributed by atoms with E-state index in [0.717, 1.165) is 4.73 Å². The maximum absolute atomic E-state index is 10.8. The van der Waals surface area contributed by atoms with Crippen molar-refractivity contribution in [3.63, 3.8) is 0 Å². The standard InChI is InChI=1S/C10H14N5O6P.2Na.2H/c11-9-8-10(13-3-12-8)14-4-15(9)21-7-1-6(2-19-7)20-5-22(16,17)18;;;;/h3-4,6-7,11H,1-2,5H2,(H,12,13)(H2,16,17,18);;;;/q;2*+1;2*-1/t6-,7?;;;;/m0..../s1. The first-order valence-electron chi connectivity index (χ1n) is 6.32. The Bertz CT molecular complexity index is 789. The summed E-state index contributed by atoms with van der Waals surface area (Å²) in [5.74, 6) is 0. The van der Waals surface area contributed by atoms with Crippen molar-refractivity contribution in [3.05, 3.63) is 18.1 Å². The Morgan fingerprint density at radius 2 is 2.25 bits per heavy atom. The normalized spacial score (nSPS) is 20.4. The second kappa shape index (κ2) is 9.24. The Kier molecular flexibility index (Phi) is 8.57. The zero-order chi connectivity index (χ0) is 15.7. The van der Waals surface area contributed by atoms with Crippen LogP contribution in [0.5, 0.6) is 0 Å². The summed E-state index contributed by atoms with van der Waals surface area (Å²) < 4.78 is 22.3. The van der Waals surface area contributed by atoms with Crippen LogP contribution in [0.2, 0.25) is 0 Å². The van der Waals surface area contributed by atoms with E-state index in [2.05, 4.69) is 15.0 Å². The molecule has 24 heavy (non-hydrogen) atoms. The summed E-state index contributed by atoms with van der Waals surface area (Å²) in [4.78, 5) is 33.7. The van der Waals surface area contributed by atoms with Crippen LogP contribution in [0, 0.1) is 5.41 Å². The van der Waals surface area contributed by atoms with E-state index in [1.54, 1.807) is 0 Å². The minimum absolute atomic E-state index is 0. The Morgan fingerprint density at radius 3 is 2.96 bits per heavy atom. The molecule has 14 heteroatoms. The molecule has 2 atom stereocenters. The smallest absolute Gasteiger partial charge is 1.00 e. The van der Waals surface area contributed by atoms with E-state index in [0.29, 0.717) is 11.2 Å². The molecule has 0 aliphatic carbocycles. The molecule has 0 bridgehead atoms. The van der Waals surface area contributed by atoms with E-state index >= 15 is 0 Å². The molecule has 3 heterocycles. The Morgan fingerprint density at radius 1 is 1.50 bits per heavy atom. The van der Waals surface area contributed by atoms with Crippen LogP contribution >= 0.6 is 7.60 Å². The fourth-order valence-electron chi connectivity index (χ4n) is 2.00. The van der Waals surface area contributed by atoms with Gasteiger partial charge in [0.15, 0.2) is 11.1 Å². The van der Waals surface area contributed by atoms with E-state index in [1.165, 1.54) is 12.7 Å². The number of aromatic amines is 1. The van der Waals surface area contributed by atoms with Gasteiger partial charge in [-0.3, -0.25) is 9.97 Å². The summed E-state index contributed by atoms with van der Waals surface area (Å²) in [6.45, 7) is 0.151. The van der Waals surface area contributed by atoms with E-state index in [1.807, 2.05) is 0 Å². The third kappa shape index (κ3) is 5.61. The predicted octanol–water partition coefficient (Wildman–Crippen LogP) is -6.83. The van der Waals surface area contributed by atoms with Crippen LogP contribution in [-0.2, 0) is 14.0 Å². The summed E-state index contributed by atoms with van der Waals surface area (Å²) in [5.41, 5.74) is 0.862. The quantitative estimate of drug-likeness (QED) is 0.295. The van der Waals surface area contributed by atoms with Crippen LogP contribution in [0.15, 0.2) is 12.7 Å². The number of aromatic nitrogens is 4. The van der Waals surface area contributed by atoms with Gasteiger partial charge in [-0.05, 0) is 0 Å². The number of H-pyrrole nitrogens is 1. The molecule has 1 fully saturated rings. The van der Waals surface area contributed by atoms with Gasteiger partial charge in [0.2, 0.25) is 6.29 Å². The molecule has 0 amide bonds. The average molecular weight is 379 g/mol. The topological polar surface area (TPSA) is 156 Å². The number of fused-ring (bicyclic) bond motifs is 1. The van der Waals surface area contributed by atoms with Gasteiger partial charge < -0.3 is 31.9 Å². The molecule has 1 aliphatic heterocycles. The molecule has 2 aromatic heterocycles. The predicted molar refractivity (Wildman–Crippen MR) is 72.7 cm³/mol. The van der Waals surface area contributed by atoms with Gasteiger partial charge in [0, 0.05) is 6.42 Å². The van der Waals surface area contributed by atoms with Crippen molar-refractivity contribution in [3.8, 4) is 0 Å². The van der Waals surface area contributed by atoms with Crippen LogP contribution in [-0.4, -0.2) is 54.8 Å². The summed E-state index contributed by atoms with van der Waals surface area (Å²) in [6.07, 6.45) is 1.19. The van der Waals surface area contributed by atoms with Crippen molar-refractivity contribution in [1.82, 2.24) is 19.7 Å². The van der Waals surface area contributed by atoms with Gasteiger partial charge in [0.05, 0.1) is 19.0 Å². The van der Waals surface area contributed by atoms with Gasteiger partial charge in [-0.15, -0.1) is 4.73 Å². The second-order valence-electron chi connectivity index (χ2n) is 4.71. The third-order valence-corrected chi connectivity index (χ3v) is 3.48. The van der Waals surface area contributed by atoms with E-state index < -0.39 is 26.3 Å². The van der Waals surface area contributed by atoms with Crippen LogP contribution in [0.4, 0.5) is 0 Å². The first-order valence-corrected chi connectivity index (χ1v) is 8.12. The molecule has 0 aromatic carbocycles. The zero-order valence-electron chi connectivity index (χ0n) is 15.2. The minimum atomic E-state index is -4.21. The van der Waals surface area contributed by atoms with Crippen LogP contribution in [0.25, 0.3) is 11.2 Å². The average Bonchev–Trinajstić information content (AvgIpc) is 3.08. The third-order valence-electron chi connectivity index (χ3n) is 2.99. The van der Waals surface area contributed by atoms with Gasteiger partial charge in [-0.2, -0.15) is 0 Å². The Labute approximate surface area is 183 Å². The Balaban J connectivity index is 0. The van der Waals surface area contributed by atoms with Crippen molar-refractivity contribution >= 4 is 18.8 Å². The fraction of sp³-hybridized carbons (Fsp3) is 0.500. The first kappa shape index (κ1) is 22.3. The zero-order valence-corrected chi connectivity index (χ0v) is 18.1. The Hall–Kier alpha value is 0.220. The van der Waals surface area contributed by atoms with Gasteiger partial charge in [0.1, 0.15) is 18.2 Å². The monoisotopic (exact) mass is 379 g/mol. The number of hydrogen-bond donors (Lipinski definition) is 4. The molecular weight excluding hydrogens is 363 g/mol. The summed E-state index contributed by atoms with van der Waals surface area (Å²) in [6, 6.07) is 0. The van der Waals surface area contributed by atoms with Crippen molar-refractivity contribution in [2.75, 3.05) is 13.0 Å². The minimum Gasteiger partial charge on any atom is -1.00 e. The number of imidazole rings is 1. The van der Waals surface area contributed by atoms with Crippen molar-refractivity contribution in [2.24, 2.45) is 0 Å². The number of nitrogens with zero attached hydrogens (tertiary/aromatic N) is 3. The molecule has 1 saturated heterocycles. The fourth-order valence-corrected chi connectivity index (χ4v) is 2.40. The maximum Gasteiger partial charge on any atom is 1.00 e. The summed E-state index contributed by atoms with van der Waals surface area (Å²) >= 11 is 0.